The first kappa shape index (κ1) is 14.4. The van der Waals surface area contributed by atoms with E-state index in [4.69, 9.17) is 5.26 Å². The summed E-state index contributed by atoms with van der Waals surface area (Å²) in [5.74, 6) is -0.683. The number of hydrogen-bond acceptors (Lipinski definition) is 4. The van der Waals surface area contributed by atoms with Crippen molar-refractivity contribution in [2.75, 3.05) is 7.05 Å². The van der Waals surface area contributed by atoms with Crippen LogP contribution < -0.4 is 0 Å². The zero-order valence-electron chi connectivity index (χ0n) is 11.4. The molecule has 0 fully saturated rings. The average molecular weight is 282 g/mol. The quantitative estimate of drug-likeness (QED) is 0.845. The Morgan fingerprint density at radius 1 is 1.24 bits per heavy atom. The molecular formula is C16H14N2O3. The molecule has 2 aromatic rings. The Hall–Kier alpha value is -3.00. The maximum absolute atomic E-state index is 12.3. The van der Waals surface area contributed by atoms with E-state index in [0.29, 0.717) is 12.1 Å². The summed E-state index contributed by atoms with van der Waals surface area (Å²) < 4.78 is 0. The van der Waals surface area contributed by atoms with E-state index >= 15 is 0 Å². The Bertz CT molecular complexity index is 720. The second-order valence-corrected chi connectivity index (χ2v) is 4.67. The minimum atomic E-state index is -0.411. The third-order valence-electron chi connectivity index (χ3n) is 3.03. The van der Waals surface area contributed by atoms with Gasteiger partial charge in [0.05, 0.1) is 17.2 Å². The molecule has 1 amide bonds. The molecule has 0 atom stereocenters. The molecule has 5 nitrogen and oxygen atoms in total. The van der Waals surface area contributed by atoms with E-state index in [-0.39, 0.29) is 17.1 Å². The highest BCUT2D eigenvalue weighted by atomic mass is 16.3. The molecule has 21 heavy (non-hydrogen) atoms. The molecule has 0 radical (unpaired) electrons. The van der Waals surface area contributed by atoms with Crippen LogP contribution in [0.15, 0.2) is 42.5 Å². The molecular weight excluding hydrogens is 268 g/mol. The smallest absolute Gasteiger partial charge is 0.257 e. The Kier molecular flexibility index (Phi) is 4.10. The summed E-state index contributed by atoms with van der Waals surface area (Å²) in [6, 6.07) is 12.8. The molecule has 0 aromatic heterocycles. The van der Waals surface area contributed by atoms with Crippen LogP contribution in [-0.4, -0.2) is 28.1 Å². The van der Waals surface area contributed by atoms with E-state index in [0.717, 1.165) is 5.56 Å². The summed E-state index contributed by atoms with van der Waals surface area (Å²) in [4.78, 5) is 13.7. The molecule has 0 saturated carbocycles. The fourth-order valence-corrected chi connectivity index (χ4v) is 1.99. The minimum Gasteiger partial charge on any atom is -0.508 e. The van der Waals surface area contributed by atoms with E-state index in [1.54, 1.807) is 25.2 Å². The first-order chi connectivity index (χ1) is 10.0. The third-order valence-corrected chi connectivity index (χ3v) is 3.03. The Labute approximate surface area is 122 Å². The molecule has 5 heteroatoms. The number of amides is 1. The van der Waals surface area contributed by atoms with Crippen LogP contribution in [0.1, 0.15) is 21.5 Å². The average Bonchev–Trinajstić information content (AvgIpc) is 2.49. The number of nitrogens with zero attached hydrogens (tertiary/aromatic N) is 2. The maximum Gasteiger partial charge on any atom is 0.257 e. The summed E-state index contributed by atoms with van der Waals surface area (Å²) in [6.07, 6.45) is 0. The van der Waals surface area contributed by atoms with Crippen molar-refractivity contribution in [3.8, 4) is 17.6 Å². The largest absolute Gasteiger partial charge is 0.508 e. The van der Waals surface area contributed by atoms with Crippen LogP contribution >= 0.6 is 0 Å². The molecule has 2 aromatic carbocycles. The van der Waals surface area contributed by atoms with E-state index in [9.17, 15) is 15.0 Å². The van der Waals surface area contributed by atoms with Gasteiger partial charge in [-0.15, -0.1) is 0 Å². The molecule has 0 aliphatic rings. The monoisotopic (exact) mass is 282 g/mol. The molecule has 0 aliphatic carbocycles. The number of carbonyl (C=O) groups is 1. The van der Waals surface area contributed by atoms with Gasteiger partial charge in [0, 0.05) is 13.6 Å². The molecule has 106 valence electrons. The van der Waals surface area contributed by atoms with Gasteiger partial charge in [0.1, 0.15) is 11.5 Å². The highest BCUT2D eigenvalue weighted by Gasteiger charge is 2.16. The molecule has 2 rings (SSSR count). The van der Waals surface area contributed by atoms with Gasteiger partial charge < -0.3 is 15.1 Å². The van der Waals surface area contributed by atoms with Gasteiger partial charge in [-0.05, 0) is 35.9 Å². The Balaban J connectivity index is 2.19. The predicted octanol–water partition coefficient (Wildman–Crippen LogP) is 2.24. The van der Waals surface area contributed by atoms with Crippen LogP contribution in [0.5, 0.6) is 11.5 Å². The summed E-state index contributed by atoms with van der Waals surface area (Å²) >= 11 is 0. The van der Waals surface area contributed by atoms with E-state index < -0.39 is 5.91 Å². The van der Waals surface area contributed by atoms with Crippen molar-refractivity contribution in [3.63, 3.8) is 0 Å². The summed E-state index contributed by atoms with van der Waals surface area (Å²) in [6.45, 7) is 0.295. The standard InChI is InChI=1S/C16H14N2O3/c1-18(10-12-4-2-3-11(7-12)9-17)16(21)14-8-13(19)5-6-15(14)20/h2-8,19-20H,10H2,1H3. The van der Waals surface area contributed by atoms with Gasteiger partial charge in [0.25, 0.3) is 5.91 Å². The van der Waals surface area contributed by atoms with Crippen molar-refractivity contribution in [2.24, 2.45) is 0 Å². The number of hydrogen-bond donors (Lipinski definition) is 2. The lowest BCUT2D eigenvalue weighted by Gasteiger charge is -2.18. The normalized spacial score (nSPS) is 9.90. The van der Waals surface area contributed by atoms with E-state index in [2.05, 4.69) is 0 Å². The van der Waals surface area contributed by atoms with Gasteiger partial charge in [0.2, 0.25) is 0 Å². The van der Waals surface area contributed by atoms with Crippen molar-refractivity contribution in [3.05, 3.63) is 59.2 Å². The first-order valence-corrected chi connectivity index (χ1v) is 6.27. The first-order valence-electron chi connectivity index (χ1n) is 6.27. The number of rotatable bonds is 3. The number of phenols is 2. The predicted molar refractivity (Wildman–Crippen MR) is 76.7 cm³/mol. The second-order valence-electron chi connectivity index (χ2n) is 4.67. The third kappa shape index (κ3) is 3.31. The fraction of sp³-hybridized carbons (Fsp3) is 0.125. The van der Waals surface area contributed by atoms with Gasteiger partial charge in [-0.25, -0.2) is 0 Å². The maximum atomic E-state index is 12.3. The SMILES string of the molecule is CN(Cc1cccc(C#N)c1)C(=O)c1cc(O)ccc1O. The number of benzene rings is 2. The zero-order chi connectivity index (χ0) is 15.4. The molecule has 0 bridgehead atoms. The van der Waals surface area contributed by atoms with Crippen molar-refractivity contribution in [1.29, 1.82) is 5.26 Å². The summed E-state index contributed by atoms with van der Waals surface area (Å²) in [5.41, 5.74) is 1.37. The molecule has 0 aliphatic heterocycles. The van der Waals surface area contributed by atoms with Crippen LogP contribution in [0.4, 0.5) is 0 Å². The number of nitriles is 1. The van der Waals surface area contributed by atoms with Crippen LogP contribution in [-0.2, 0) is 6.54 Å². The highest BCUT2D eigenvalue weighted by Crippen LogP contribution is 2.23. The highest BCUT2D eigenvalue weighted by molar-refractivity contribution is 5.97. The van der Waals surface area contributed by atoms with Gasteiger partial charge in [-0.3, -0.25) is 4.79 Å². The summed E-state index contributed by atoms with van der Waals surface area (Å²) in [5, 5.41) is 28.0. The lowest BCUT2D eigenvalue weighted by atomic mass is 10.1. The number of carbonyl (C=O) groups excluding carboxylic acids is 1. The molecule has 0 heterocycles. The van der Waals surface area contributed by atoms with Gasteiger partial charge in [-0.2, -0.15) is 5.26 Å². The zero-order valence-corrected chi connectivity index (χ0v) is 11.4. The van der Waals surface area contributed by atoms with Gasteiger partial charge >= 0.3 is 0 Å². The van der Waals surface area contributed by atoms with Crippen molar-refractivity contribution in [1.82, 2.24) is 4.90 Å². The number of aromatic hydroxyl groups is 2. The van der Waals surface area contributed by atoms with Crippen LogP contribution in [0.3, 0.4) is 0 Å². The summed E-state index contributed by atoms with van der Waals surface area (Å²) in [7, 11) is 1.59. The Morgan fingerprint density at radius 3 is 2.71 bits per heavy atom. The molecule has 2 N–H and O–H groups in total. The fourth-order valence-electron chi connectivity index (χ4n) is 1.99. The number of phenolic OH excluding ortho intramolecular Hbond substituents is 2. The molecule has 0 spiro atoms. The molecule has 0 saturated heterocycles. The van der Waals surface area contributed by atoms with Gasteiger partial charge in [-0.1, -0.05) is 12.1 Å². The van der Waals surface area contributed by atoms with Crippen LogP contribution in [0, 0.1) is 11.3 Å². The van der Waals surface area contributed by atoms with Crippen LogP contribution in [0.25, 0.3) is 0 Å². The van der Waals surface area contributed by atoms with Crippen molar-refractivity contribution >= 4 is 5.91 Å². The lowest BCUT2D eigenvalue weighted by molar-refractivity contribution is 0.0781. The van der Waals surface area contributed by atoms with Crippen molar-refractivity contribution in [2.45, 2.75) is 6.54 Å². The van der Waals surface area contributed by atoms with Crippen molar-refractivity contribution < 1.29 is 15.0 Å². The Morgan fingerprint density at radius 2 is 2.00 bits per heavy atom. The van der Waals surface area contributed by atoms with E-state index in [1.165, 1.54) is 23.1 Å². The van der Waals surface area contributed by atoms with E-state index in [1.807, 2.05) is 12.1 Å². The molecule has 0 unspecified atom stereocenters. The minimum absolute atomic E-state index is 0.0361. The second kappa shape index (κ2) is 5.97. The van der Waals surface area contributed by atoms with Gasteiger partial charge in [0.15, 0.2) is 0 Å². The van der Waals surface area contributed by atoms with Crippen LogP contribution in [0.2, 0.25) is 0 Å². The lowest BCUT2D eigenvalue weighted by Crippen LogP contribution is -2.26. The topological polar surface area (TPSA) is 84.6 Å².